The molecule has 0 bridgehead atoms. The second-order valence-electron chi connectivity index (χ2n) is 5.37. The normalized spacial score (nSPS) is 10.4. The molecule has 26 heavy (non-hydrogen) atoms. The smallest absolute Gasteiger partial charge is 0.334 e. The number of rotatable bonds is 5. The summed E-state index contributed by atoms with van der Waals surface area (Å²) in [4.78, 5) is 19.1. The van der Waals surface area contributed by atoms with E-state index in [1.807, 2.05) is 31.2 Å². The number of benzene rings is 2. The van der Waals surface area contributed by atoms with Crippen LogP contribution in [0.3, 0.4) is 0 Å². The molecular weight excluding hydrogens is 377 g/mol. The first-order valence-corrected chi connectivity index (χ1v) is 8.25. The lowest BCUT2D eigenvalue weighted by molar-refractivity contribution is -0.383. The van der Waals surface area contributed by atoms with Crippen LogP contribution in [0.4, 0.5) is 28.7 Å². The second kappa shape index (κ2) is 7.55. The summed E-state index contributed by atoms with van der Waals surface area (Å²) in [5, 5.41) is 18.3. The molecule has 3 aromatic rings. The summed E-state index contributed by atoms with van der Waals surface area (Å²) >= 11 is 12.0. The van der Waals surface area contributed by atoms with Crippen molar-refractivity contribution in [3.8, 4) is 0 Å². The number of hydrogen-bond acceptors (Lipinski definition) is 6. The molecular formula is C17H13Cl2N5O2. The molecule has 2 aromatic carbocycles. The van der Waals surface area contributed by atoms with Crippen LogP contribution in [0.2, 0.25) is 10.0 Å². The van der Waals surface area contributed by atoms with Crippen LogP contribution < -0.4 is 10.6 Å². The molecule has 0 fully saturated rings. The Hall–Kier alpha value is -2.90. The quantitative estimate of drug-likeness (QED) is 0.442. The monoisotopic (exact) mass is 389 g/mol. The van der Waals surface area contributed by atoms with Crippen molar-refractivity contribution >= 4 is 51.9 Å². The predicted octanol–water partition coefficient (Wildman–Crippen LogP) is 5.49. The highest BCUT2D eigenvalue weighted by atomic mass is 35.5. The third-order valence-electron chi connectivity index (χ3n) is 3.59. The lowest BCUT2D eigenvalue weighted by Crippen LogP contribution is -2.06. The highest BCUT2D eigenvalue weighted by molar-refractivity contribution is 6.36. The Morgan fingerprint density at radius 1 is 1.00 bits per heavy atom. The van der Waals surface area contributed by atoms with Crippen LogP contribution in [0, 0.1) is 17.0 Å². The van der Waals surface area contributed by atoms with Crippen molar-refractivity contribution in [1.29, 1.82) is 0 Å². The van der Waals surface area contributed by atoms with Crippen molar-refractivity contribution in [2.75, 3.05) is 10.6 Å². The molecule has 0 aliphatic rings. The molecule has 1 heterocycles. The Morgan fingerprint density at radius 2 is 1.65 bits per heavy atom. The second-order valence-corrected chi connectivity index (χ2v) is 6.21. The Bertz CT molecular complexity index is 981. The van der Waals surface area contributed by atoms with E-state index in [2.05, 4.69) is 20.6 Å². The molecule has 2 N–H and O–H groups in total. The van der Waals surface area contributed by atoms with E-state index in [0.717, 1.165) is 5.56 Å². The average Bonchev–Trinajstić information content (AvgIpc) is 2.59. The Kier molecular flexibility index (Phi) is 5.20. The number of nitro groups is 1. The van der Waals surface area contributed by atoms with E-state index in [1.54, 1.807) is 12.1 Å². The van der Waals surface area contributed by atoms with Gasteiger partial charge in [-0.15, -0.1) is 0 Å². The minimum atomic E-state index is -0.549. The Labute approximate surface area is 159 Å². The zero-order chi connectivity index (χ0) is 18.7. The highest BCUT2D eigenvalue weighted by Crippen LogP contribution is 2.35. The number of aryl methyl sites for hydroxylation is 1. The van der Waals surface area contributed by atoms with Gasteiger partial charge in [-0.3, -0.25) is 10.1 Å². The molecule has 132 valence electrons. The summed E-state index contributed by atoms with van der Waals surface area (Å²) in [7, 11) is 0. The fraction of sp³-hybridized carbons (Fsp3) is 0.0588. The molecule has 0 radical (unpaired) electrons. The predicted molar refractivity (Wildman–Crippen MR) is 103 cm³/mol. The first kappa shape index (κ1) is 17.9. The summed E-state index contributed by atoms with van der Waals surface area (Å²) in [6.07, 6.45) is 1.24. The molecule has 0 atom stereocenters. The molecule has 0 saturated heterocycles. The van der Waals surface area contributed by atoms with Gasteiger partial charge in [0.2, 0.25) is 11.6 Å². The van der Waals surface area contributed by atoms with E-state index in [-0.39, 0.29) is 17.3 Å². The van der Waals surface area contributed by atoms with Crippen LogP contribution in [0.25, 0.3) is 0 Å². The Balaban J connectivity index is 2.01. The molecule has 0 spiro atoms. The summed E-state index contributed by atoms with van der Waals surface area (Å²) in [5.41, 5.74) is 1.79. The molecule has 0 amide bonds. The van der Waals surface area contributed by atoms with Gasteiger partial charge < -0.3 is 10.6 Å². The van der Waals surface area contributed by atoms with Crippen LogP contribution in [0.5, 0.6) is 0 Å². The molecule has 0 unspecified atom stereocenters. The summed E-state index contributed by atoms with van der Waals surface area (Å²) < 4.78 is 0. The third kappa shape index (κ3) is 3.84. The summed E-state index contributed by atoms with van der Waals surface area (Å²) in [6, 6.07) is 12.2. The first-order chi connectivity index (χ1) is 12.5. The van der Waals surface area contributed by atoms with Gasteiger partial charge in [0.25, 0.3) is 0 Å². The van der Waals surface area contributed by atoms with Gasteiger partial charge in [0.1, 0.15) is 6.33 Å². The van der Waals surface area contributed by atoms with Crippen molar-refractivity contribution in [3.63, 3.8) is 0 Å². The van der Waals surface area contributed by atoms with E-state index < -0.39 is 4.92 Å². The average molecular weight is 390 g/mol. The Morgan fingerprint density at radius 3 is 2.27 bits per heavy atom. The number of nitrogens with zero attached hydrogens (tertiary/aromatic N) is 3. The maximum atomic E-state index is 11.6. The van der Waals surface area contributed by atoms with Gasteiger partial charge in [-0.2, -0.15) is 0 Å². The number of aromatic nitrogens is 2. The number of nitrogens with one attached hydrogen (secondary N) is 2. The van der Waals surface area contributed by atoms with Gasteiger partial charge in [0.15, 0.2) is 0 Å². The number of para-hydroxylation sites is 1. The number of hydrogen-bond donors (Lipinski definition) is 2. The minimum absolute atomic E-state index is 0.0188. The lowest BCUT2D eigenvalue weighted by Gasteiger charge is -2.12. The van der Waals surface area contributed by atoms with Crippen LogP contribution >= 0.6 is 23.2 Å². The van der Waals surface area contributed by atoms with E-state index in [1.165, 1.54) is 12.4 Å². The number of anilines is 4. The molecule has 0 aliphatic heterocycles. The largest absolute Gasteiger partial charge is 0.353 e. The number of halogens is 2. The molecule has 0 saturated carbocycles. The lowest BCUT2D eigenvalue weighted by atomic mass is 10.2. The van der Waals surface area contributed by atoms with Gasteiger partial charge >= 0.3 is 5.69 Å². The topological polar surface area (TPSA) is 93.0 Å². The van der Waals surface area contributed by atoms with Gasteiger partial charge in [-0.25, -0.2) is 9.97 Å². The summed E-state index contributed by atoms with van der Waals surface area (Å²) in [6.45, 7) is 1.89. The van der Waals surface area contributed by atoms with Crippen LogP contribution in [-0.4, -0.2) is 14.9 Å². The molecule has 1 aromatic heterocycles. The molecule has 3 rings (SSSR count). The zero-order valence-electron chi connectivity index (χ0n) is 13.5. The van der Waals surface area contributed by atoms with Crippen molar-refractivity contribution in [2.45, 2.75) is 6.92 Å². The SMILES string of the molecule is Cc1ccccc1Nc1ncnc(Nc2ccc(Cl)cc2Cl)c1[N+](=O)[O-]. The van der Waals surface area contributed by atoms with E-state index >= 15 is 0 Å². The molecule has 7 nitrogen and oxygen atoms in total. The van der Waals surface area contributed by atoms with Gasteiger partial charge in [0, 0.05) is 10.7 Å². The van der Waals surface area contributed by atoms with Crippen molar-refractivity contribution < 1.29 is 4.92 Å². The first-order valence-electron chi connectivity index (χ1n) is 7.50. The molecule has 9 heteroatoms. The fourth-order valence-corrected chi connectivity index (χ4v) is 2.75. The van der Waals surface area contributed by atoms with E-state index in [4.69, 9.17) is 23.2 Å². The van der Waals surface area contributed by atoms with Gasteiger partial charge in [-0.1, -0.05) is 41.4 Å². The van der Waals surface area contributed by atoms with Crippen LogP contribution in [0.15, 0.2) is 48.8 Å². The van der Waals surface area contributed by atoms with Crippen molar-refractivity contribution in [2.24, 2.45) is 0 Å². The fourth-order valence-electron chi connectivity index (χ4n) is 2.29. The van der Waals surface area contributed by atoms with Crippen molar-refractivity contribution in [3.05, 3.63) is 74.5 Å². The maximum Gasteiger partial charge on any atom is 0.353 e. The van der Waals surface area contributed by atoms with Gasteiger partial charge in [-0.05, 0) is 36.8 Å². The standard InChI is InChI=1S/C17H13Cl2N5O2/c1-10-4-2-3-5-13(10)22-16-15(24(25)26)17(21-9-20-16)23-14-7-6-11(18)8-12(14)19/h2-9H,1H3,(H2,20,21,22,23). The van der Waals surface area contributed by atoms with Crippen LogP contribution in [0.1, 0.15) is 5.56 Å². The van der Waals surface area contributed by atoms with Gasteiger partial charge in [0.05, 0.1) is 15.6 Å². The van der Waals surface area contributed by atoms with Crippen LogP contribution in [-0.2, 0) is 0 Å². The maximum absolute atomic E-state index is 11.6. The highest BCUT2D eigenvalue weighted by Gasteiger charge is 2.24. The van der Waals surface area contributed by atoms with Crippen molar-refractivity contribution in [1.82, 2.24) is 9.97 Å². The third-order valence-corrected chi connectivity index (χ3v) is 4.13. The minimum Gasteiger partial charge on any atom is -0.334 e. The summed E-state index contributed by atoms with van der Waals surface area (Å²) in [5.74, 6) is 0.0946. The van der Waals surface area contributed by atoms with E-state index in [0.29, 0.717) is 21.4 Å². The zero-order valence-corrected chi connectivity index (χ0v) is 15.0. The van der Waals surface area contributed by atoms with E-state index in [9.17, 15) is 10.1 Å². The molecule has 0 aliphatic carbocycles.